The zero-order chi connectivity index (χ0) is 15.6. The molecule has 1 aliphatic rings. The minimum Gasteiger partial charge on any atom is -0.401 e. The van der Waals surface area contributed by atoms with Crippen molar-refractivity contribution in [2.24, 2.45) is 5.73 Å². The van der Waals surface area contributed by atoms with E-state index in [4.69, 9.17) is 18.0 Å². The molecule has 3 nitrogen and oxygen atoms in total. The van der Waals surface area contributed by atoms with Crippen LogP contribution in [-0.2, 0) is 11.0 Å². The topological polar surface area (TPSA) is 55.1 Å². The Bertz CT molecular complexity index is 606. The summed E-state index contributed by atoms with van der Waals surface area (Å²) in [5.74, 6) is -0.136. The molecule has 1 aromatic rings. The number of hydrogen-bond donors (Lipinski definition) is 2. The number of allylic oxidation sites excluding steroid dienone is 1. The van der Waals surface area contributed by atoms with E-state index in [0.29, 0.717) is 30.6 Å². The van der Waals surface area contributed by atoms with Gasteiger partial charge in [-0.25, -0.2) is 0 Å². The van der Waals surface area contributed by atoms with Crippen LogP contribution in [0.15, 0.2) is 35.5 Å². The minimum absolute atomic E-state index is 0.136. The van der Waals surface area contributed by atoms with Crippen LogP contribution in [0.5, 0.6) is 0 Å². The highest BCUT2D eigenvalue weighted by Gasteiger charge is 2.30. The third kappa shape index (κ3) is 3.60. The zero-order valence-corrected chi connectivity index (χ0v) is 11.8. The molecule has 0 heterocycles. The van der Waals surface area contributed by atoms with E-state index in [9.17, 15) is 18.0 Å². The summed E-state index contributed by atoms with van der Waals surface area (Å²) in [6, 6.07) is 4.43. The average Bonchev–Trinajstić information content (AvgIpc) is 2.38. The zero-order valence-electron chi connectivity index (χ0n) is 11.0. The van der Waals surface area contributed by atoms with Crippen LogP contribution in [0, 0.1) is 0 Å². The summed E-state index contributed by atoms with van der Waals surface area (Å²) in [7, 11) is 0. The maximum Gasteiger partial charge on any atom is 0.416 e. The lowest BCUT2D eigenvalue weighted by Gasteiger charge is -2.18. The Morgan fingerprint density at radius 3 is 2.33 bits per heavy atom. The lowest BCUT2D eigenvalue weighted by atomic mass is 9.95. The average molecular weight is 314 g/mol. The maximum atomic E-state index is 12.5. The second-order valence-corrected chi connectivity index (χ2v) is 5.11. The first kappa shape index (κ1) is 15.5. The van der Waals surface area contributed by atoms with Crippen molar-refractivity contribution < 1.29 is 18.0 Å². The van der Waals surface area contributed by atoms with Gasteiger partial charge in [0.15, 0.2) is 5.78 Å². The Labute approximate surface area is 125 Å². The van der Waals surface area contributed by atoms with Crippen molar-refractivity contribution in [3.8, 4) is 0 Å². The van der Waals surface area contributed by atoms with Gasteiger partial charge >= 0.3 is 6.18 Å². The summed E-state index contributed by atoms with van der Waals surface area (Å²) in [5.41, 5.74) is 6.13. The molecule has 0 bridgehead atoms. The summed E-state index contributed by atoms with van der Waals surface area (Å²) in [5, 5.41) is 2.76. The van der Waals surface area contributed by atoms with E-state index in [-0.39, 0.29) is 16.3 Å². The van der Waals surface area contributed by atoms with Gasteiger partial charge in [0, 0.05) is 17.8 Å². The number of benzene rings is 1. The van der Waals surface area contributed by atoms with Crippen molar-refractivity contribution >= 4 is 28.7 Å². The van der Waals surface area contributed by atoms with Gasteiger partial charge in [0.05, 0.1) is 11.1 Å². The quantitative estimate of drug-likeness (QED) is 0.821. The Balaban J connectivity index is 2.15. The summed E-state index contributed by atoms with van der Waals surface area (Å²) in [6.07, 6.45) is -2.72. The largest absolute Gasteiger partial charge is 0.416 e. The second kappa shape index (κ2) is 5.85. The van der Waals surface area contributed by atoms with E-state index in [1.54, 1.807) is 0 Å². The fourth-order valence-electron chi connectivity index (χ4n) is 2.08. The summed E-state index contributed by atoms with van der Waals surface area (Å²) in [4.78, 5) is 12.0. The number of rotatable bonds is 2. The van der Waals surface area contributed by atoms with E-state index in [2.05, 4.69) is 5.32 Å². The Morgan fingerprint density at radius 2 is 1.81 bits per heavy atom. The molecule has 0 unspecified atom stereocenters. The number of ketones is 1. The lowest BCUT2D eigenvalue weighted by molar-refractivity contribution is -0.137. The first-order valence-electron chi connectivity index (χ1n) is 6.29. The van der Waals surface area contributed by atoms with Crippen molar-refractivity contribution in [3.05, 3.63) is 41.1 Å². The molecule has 0 aliphatic heterocycles. The highest BCUT2D eigenvalue weighted by Crippen LogP contribution is 2.30. The molecule has 21 heavy (non-hydrogen) atoms. The highest BCUT2D eigenvalue weighted by molar-refractivity contribution is 7.81. The number of thiocarbonyl (C=S) groups is 1. The maximum absolute atomic E-state index is 12.5. The Hall–Kier alpha value is -1.89. The molecule has 0 aromatic heterocycles. The summed E-state index contributed by atoms with van der Waals surface area (Å²) < 4.78 is 37.4. The first-order chi connectivity index (χ1) is 9.79. The van der Waals surface area contributed by atoms with Gasteiger partial charge in [0.1, 0.15) is 4.99 Å². The Morgan fingerprint density at radius 1 is 1.19 bits per heavy atom. The van der Waals surface area contributed by atoms with Gasteiger partial charge in [0.2, 0.25) is 0 Å². The monoisotopic (exact) mass is 314 g/mol. The molecule has 0 saturated heterocycles. The molecule has 0 atom stereocenters. The SMILES string of the molecule is NC1=C(C(=S)Nc2ccc(C(F)(F)F)cc2)C(=O)CCC1. The van der Waals surface area contributed by atoms with Gasteiger partial charge in [-0.15, -0.1) is 0 Å². The summed E-state index contributed by atoms with van der Waals surface area (Å²) in [6.45, 7) is 0. The van der Waals surface area contributed by atoms with Crippen LogP contribution >= 0.6 is 12.2 Å². The highest BCUT2D eigenvalue weighted by atomic mass is 32.1. The van der Waals surface area contributed by atoms with Gasteiger partial charge < -0.3 is 11.1 Å². The van der Waals surface area contributed by atoms with Crippen molar-refractivity contribution in [2.75, 3.05) is 5.32 Å². The van der Waals surface area contributed by atoms with Crippen molar-refractivity contribution in [3.63, 3.8) is 0 Å². The summed E-state index contributed by atoms with van der Waals surface area (Å²) >= 11 is 5.12. The van der Waals surface area contributed by atoms with Gasteiger partial charge in [-0.1, -0.05) is 12.2 Å². The van der Waals surface area contributed by atoms with Crippen LogP contribution in [0.1, 0.15) is 24.8 Å². The molecule has 0 saturated carbocycles. The van der Waals surface area contributed by atoms with Crippen molar-refractivity contribution in [1.82, 2.24) is 0 Å². The molecule has 0 spiro atoms. The number of Topliss-reactive ketones (excluding diaryl/α,β-unsaturated/α-hetero) is 1. The third-order valence-corrected chi connectivity index (χ3v) is 3.45. The molecule has 112 valence electrons. The van der Waals surface area contributed by atoms with Crippen LogP contribution in [0.2, 0.25) is 0 Å². The molecule has 1 aromatic carbocycles. The van der Waals surface area contributed by atoms with Crippen LogP contribution < -0.4 is 11.1 Å². The van der Waals surface area contributed by atoms with Gasteiger partial charge in [-0.3, -0.25) is 4.79 Å². The molecular formula is C14H13F3N2OS. The normalized spacial score (nSPS) is 16.0. The Kier molecular flexibility index (Phi) is 4.32. The molecule has 1 aliphatic carbocycles. The third-order valence-electron chi connectivity index (χ3n) is 3.15. The van der Waals surface area contributed by atoms with E-state index < -0.39 is 11.7 Å². The van der Waals surface area contributed by atoms with Crippen LogP contribution in [0.3, 0.4) is 0 Å². The van der Waals surface area contributed by atoms with E-state index in [1.807, 2.05) is 0 Å². The van der Waals surface area contributed by atoms with Crippen LogP contribution in [0.25, 0.3) is 0 Å². The molecular weight excluding hydrogens is 301 g/mol. The number of anilines is 1. The predicted octanol–water partition coefficient (Wildman–Crippen LogP) is 3.41. The molecule has 0 radical (unpaired) electrons. The lowest BCUT2D eigenvalue weighted by Crippen LogP contribution is -2.26. The predicted molar refractivity (Wildman–Crippen MR) is 77.7 cm³/mol. The fourth-order valence-corrected chi connectivity index (χ4v) is 2.44. The second-order valence-electron chi connectivity index (χ2n) is 4.71. The van der Waals surface area contributed by atoms with E-state index in [0.717, 1.165) is 12.1 Å². The van der Waals surface area contributed by atoms with E-state index in [1.165, 1.54) is 12.1 Å². The number of halogens is 3. The number of nitrogens with one attached hydrogen (secondary N) is 1. The number of hydrogen-bond acceptors (Lipinski definition) is 3. The molecule has 3 N–H and O–H groups in total. The molecule has 0 amide bonds. The minimum atomic E-state index is -4.38. The number of carbonyl (C=O) groups excluding carboxylic acids is 1. The van der Waals surface area contributed by atoms with E-state index >= 15 is 0 Å². The van der Waals surface area contributed by atoms with Gasteiger partial charge in [-0.2, -0.15) is 13.2 Å². The molecule has 7 heteroatoms. The van der Waals surface area contributed by atoms with Crippen molar-refractivity contribution in [2.45, 2.75) is 25.4 Å². The number of carbonyl (C=O) groups is 1. The molecule has 2 rings (SSSR count). The standard InChI is InChI=1S/C14H13F3N2OS/c15-14(16,17)8-4-6-9(7-5-8)19-13(21)12-10(18)2-1-3-11(12)20/h4-7H,1-3,18H2,(H,19,21). The smallest absolute Gasteiger partial charge is 0.401 e. The number of alkyl halides is 3. The van der Waals surface area contributed by atoms with Gasteiger partial charge in [-0.05, 0) is 37.1 Å². The molecule has 0 fully saturated rings. The fraction of sp³-hybridized carbons (Fsp3) is 0.286. The number of nitrogens with two attached hydrogens (primary N) is 1. The van der Waals surface area contributed by atoms with Crippen LogP contribution in [-0.4, -0.2) is 10.8 Å². The van der Waals surface area contributed by atoms with Crippen molar-refractivity contribution in [1.29, 1.82) is 0 Å². The van der Waals surface area contributed by atoms with Gasteiger partial charge in [0.25, 0.3) is 0 Å². The van der Waals surface area contributed by atoms with Crippen LogP contribution in [0.4, 0.5) is 18.9 Å². The first-order valence-corrected chi connectivity index (χ1v) is 6.70.